The van der Waals surface area contributed by atoms with E-state index in [1.165, 1.54) is 22.3 Å². The van der Waals surface area contributed by atoms with E-state index in [1.54, 1.807) is 0 Å². The third kappa shape index (κ3) is 2.58. The predicted molar refractivity (Wildman–Crippen MR) is 64.1 cm³/mol. The largest absolute Gasteiger partial charge is 0.391 e. The van der Waals surface area contributed by atoms with E-state index in [9.17, 15) is 5.11 Å². The van der Waals surface area contributed by atoms with Crippen molar-refractivity contribution in [2.24, 2.45) is 0 Å². The van der Waals surface area contributed by atoms with Crippen molar-refractivity contribution in [3.8, 4) is 0 Å². The molecule has 0 heterocycles. The molecular formula is C13H21NO. The topological polar surface area (TPSA) is 32.3 Å². The van der Waals surface area contributed by atoms with E-state index < -0.39 is 0 Å². The smallest absolute Gasteiger partial charge is 0.0706 e. The van der Waals surface area contributed by atoms with Gasteiger partial charge in [-0.2, -0.15) is 0 Å². The maximum atomic E-state index is 9.72. The van der Waals surface area contributed by atoms with E-state index >= 15 is 0 Å². The molecule has 84 valence electrons. The molecule has 15 heavy (non-hydrogen) atoms. The molecule has 0 aliphatic rings. The summed E-state index contributed by atoms with van der Waals surface area (Å²) in [5, 5.41) is 12.9. The Kier molecular flexibility index (Phi) is 3.89. The summed E-state index contributed by atoms with van der Waals surface area (Å²) in [6, 6.07) is 4.34. The molecule has 2 N–H and O–H groups in total. The molecular weight excluding hydrogens is 186 g/mol. The normalized spacial score (nSPS) is 15.1. The molecule has 1 rings (SSSR count). The van der Waals surface area contributed by atoms with Gasteiger partial charge in [0.2, 0.25) is 0 Å². The van der Waals surface area contributed by atoms with Crippen LogP contribution in [0.4, 0.5) is 0 Å². The molecule has 0 aliphatic heterocycles. The van der Waals surface area contributed by atoms with Crippen LogP contribution in [0, 0.1) is 20.8 Å². The first kappa shape index (κ1) is 12.2. The van der Waals surface area contributed by atoms with Crippen LogP contribution >= 0.6 is 0 Å². The van der Waals surface area contributed by atoms with Gasteiger partial charge in [0.15, 0.2) is 0 Å². The van der Waals surface area contributed by atoms with Crippen LogP contribution in [0.3, 0.4) is 0 Å². The molecule has 1 aromatic carbocycles. The molecule has 2 heteroatoms. The second-order valence-corrected chi connectivity index (χ2v) is 4.32. The lowest BCUT2D eigenvalue weighted by Crippen LogP contribution is -2.28. The van der Waals surface area contributed by atoms with Crippen molar-refractivity contribution in [3.63, 3.8) is 0 Å². The molecule has 0 radical (unpaired) electrons. The van der Waals surface area contributed by atoms with Crippen LogP contribution < -0.4 is 5.32 Å². The third-order valence-electron chi connectivity index (χ3n) is 2.84. The SMILES string of the molecule is CNC(c1c(C)cc(C)cc1C)C(C)O. The fraction of sp³-hybridized carbons (Fsp3) is 0.538. The number of rotatable bonds is 3. The first-order valence-corrected chi connectivity index (χ1v) is 5.40. The number of benzene rings is 1. The van der Waals surface area contributed by atoms with Crippen LogP contribution in [-0.2, 0) is 0 Å². The summed E-state index contributed by atoms with van der Waals surface area (Å²) < 4.78 is 0. The summed E-state index contributed by atoms with van der Waals surface area (Å²) in [7, 11) is 1.89. The number of aryl methyl sites for hydroxylation is 3. The molecule has 0 saturated heterocycles. The molecule has 1 aromatic rings. The standard InChI is InChI=1S/C13H21NO/c1-8-6-9(2)12(10(3)7-8)13(14-5)11(4)15/h6-7,11,13-15H,1-5H3. The Labute approximate surface area is 92.3 Å². The number of hydrogen-bond donors (Lipinski definition) is 2. The minimum Gasteiger partial charge on any atom is -0.391 e. The van der Waals surface area contributed by atoms with Gasteiger partial charge in [-0.05, 0) is 51.4 Å². The predicted octanol–water partition coefficient (Wildman–Crippen LogP) is 2.25. The Hall–Kier alpha value is -0.860. The van der Waals surface area contributed by atoms with E-state index in [1.807, 2.05) is 14.0 Å². The highest BCUT2D eigenvalue weighted by molar-refractivity contribution is 5.40. The number of nitrogens with one attached hydrogen (secondary N) is 1. The Morgan fingerprint density at radius 1 is 1.13 bits per heavy atom. The lowest BCUT2D eigenvalue weighted by molar-refractivity contribution is 0.149. The van der Waals surface area contributed by atoms with Gasteiger partial charge in [-0.25, -0.2) is 0 Å². The van der Waals surface area contributed by atoms with Crippen molar-refractivity contribution in [2.75, 3.05) is 7.05 Å². The van der Waals surface area contributed by atoms with Gasteiger partial charge < -0.3 is 10.4 Å². The highest BCUT2D eigenvalue weighted by atomic mass is 16.3. The molecule has 0 amide bonds. The second kappa shape index (κ2) is 4.77. The van der Waals surface area contributed by atoms with Crippen molar-refractivity contribution in [3.05, 3.63) is 34.4 Å². The van der Waals surface area contributed by atoms with E-state index in [2.05, 4.69) is 38.2 Å². The first-order chi connectivity index (χ1) is 6.97. The lowest BCUT2D eigenvalue weighted by atomic mass is 9.92. The van der Waals surface area contributed by atoms with Crippen molar-refractivity contribution in [1.82, 2.24) is 5.32 Å². The highest BCUT2D eigenvalue weighted by Gasteiger charge is 2.19. The third-order valence-corrected chi connectivity index (χ3v) is 2.84. The van der Waals surface area contributed by atoms with E-state index in [0.29, 0.717) is 0 Å². The fourth-order valence-electron chi connectivity index (χ4n) is 2.31. The Morgan fingerprint density at radius 3 is 1.93 bits per heavy atom. The second-order valence-electron chi connectivity index (χ2n) is 4.32. The zero-order chi connectivity index (χ0) is 11.6. The summed E-state index contributed by atoms with van der Waals surface area (Å²) in [6.07, 6.45) is -0.380. The number of aliphatic hydroxyl groups is 1. The van der Waals surface area contributed by atoms with Gasteiger partial charge >= 0.3 is 0 Å². The van der Waals surface area contributed by atoms with Crippen LogP contribution in [-0.4, -0.2) is 18.3 Å². The summed E-state index contributed by atoms with van der Waals surface area (Å²) in [5.41, 5.74) is 4.98. The number of hydrogen-bond acceptors (Lipinski definition) is 2. The molecule has 2 nitrogen and oxygen atoms in total. The number of likely N-dealkylation sites (N-methyl/N-ethyl adjacent to an activating group) is 1. The summed E-state index contributed by atoms with van der Waals surface area (Å²) in [6.45, 7) is 8.12. The summed E-state index contributed by atoms with van der Waals surface area (Å²) in [5.74, 6) is 0. The molecule has 0 saturated carbocycles. The molecule has 0 fully saturated rings. The first-order valence-electron chi connectivity index (χ1n) is 5.40. The van der Waals surface area contributed by atoms with Gasteiger partial charge in [0.25, 0.3) is 0 Å². The van der Waals surface area contributed by atoms with Gasteiger partial charge in [-0.3, -0.25) is 0 Å². The quantitative estimate of drug-likeness (QED) is 0.797. The minimum absolute atomic E-state index is 0.0191. The molecule has 0 spiro atoms. The lowest BCUT2D eigenvalue weighted by Gasteiger charge is -2.24. The monoisotopic (exact) mass is 207 g/mol. The number of aliphatic hydroxyl groups excluding tert-OH is 1. The van der Waals surface area contributed by atoms with Crippen molar-refractivity contribution < 1.29 is 5.11 Å². The van der Waals surface area contributed by atoms with Gasteiger partial charge in [-0.1, -0.05) is 17.7 Å². The van der Waals surface area contributed by atoms with Crippen LogP contribution in [0.1, 0.15) is 35.2 Å². The van der Waals surface area contributed by atoms with Crippen molar-refractivity contribution in [1.29, 1.82) is 0 Å². The van der Waals surface area contributed by atoms with E-state index in [0.717, 1.165) is 0 Å². The average Bonchev–Trinajstić information content (AvgIpc) is 2.09. The van der Waals surface area contributed by atoms with E-state index in [-0.39, 0.29) is 12.1 Å². The van der Waals surface area contributed by atoms with E-state index in [4.69, 9.17) is 0 Å². The maximum absolute atomic E-state index is 9.72. The zero-order valence-electron chi connectivity index (χ0n) is 10.3. The van der Waals surface area contributed by atoms with Crippen LogP contribution in [0.15, 0.2) is 12.1 Å². The molecule has 2 unspecified atom stereocenters. The Bertz CT molecular complexity index is 321. The van der Waals surface area contributed by atoms with Gasteiger partial charge in [0, 0.05) is 0 Å². The molecule has 0 aliphatic carbocycles. The van der Waals surface area contributed by atoms with Gasteiger partial charge in [0.05, 0.1) is 12.1 Å². The van der Waals surface area contributed by atoms with Crippen LogP contribution in [0.2, 0.25) is 0 Å². The van der Waals surface area contributed by atoms with Crippen molar-refractivity contribution in [2.45, 2.75) is 39.8 Å². The fourth-order valence-corrected chi connectivity index (χ4v) is 2.31. The van der Waals surface area contributed by atoms with Gasteiger partial charge in [-0.15, -0.1) is 0 Å². The average molecular weight is 207 g/mol. The summed E-state index contributed by atoms with van der Waals surface area (Å²) in [4.78, 5) is 0. The zero-order valence-corrected chi connectivity index (χ0v) is 10.3. The van der Waals surface area contributed by atoms with Crippen LogP contribution in [0.25, 0.3) is 0 Å². The summed E-state index contributed by atoms with van der Waals surface area (Å²) >= 11 is 0. The highest BCUT2D eigenvalue weighted by Crippen LogP contribution is 2.25. The van der Waals surface area contributed by atoms with Gasteiger partial charge in [0.1, 0.15) is 0 Å². The Morgan fingerprint density at radius 2 is 1.60 bits per heavy atom. The maximum Gasteiger partial charge on any atom is 0.0706 e. The van der Waals surface area contributed by atoms with Crippen LogP contribution in [0.5, 0.6) is 0 Å². The molecule has 0 aromatic heterocycles. The van der Waals surface area contributed by atoms with Crippen molar-refractivity contribution >= 4 is 0 Å². The molecule has 0 bridgehead atoms. The Balaban J connectivity index is 3.23. The molecule has 2 atom stereocenters. The minimum atomic E-state index is -0.380.